The SMILES string of the molecule is CN(CCCc1cc(-c2ccccc2)n[nH]1)C(=O)C=Cc1ccc(C(=O)NC2CC2)cc1. The lowest BCUT2D eigenvalue weighted by molar-refractivity contribution is -0.124. The summed E-state index contributed by atoms with van der Waals surface area (Å²) in [7, 11) is 1.81. The minimum Gasteiger partial charge on any atom is -0.349 e. The molecule has 1 aliphatic rings. The number of hydrogen-bond acceptors (Lipinski definition) is 3. The highest BCUT2D eigenvalue weighted by molar-refractivity contribution is 5.95. The highest BCUT2D eigenvalue weighted by Crippen LogP contribution is 2.20. The third kappa shape index (κ3) is 5.94. The van der Waals surface area contributed by atoms with Crippen LogP contribution in [0.4, 0.5) is 0 Å². The van der Waals surface area contributed by atoms with Crippen LogP contribution in [0.25, 0.3) is 17.3 Å². The lowest BCUT2D eigenvalue weighted by atomic mass is 10.1. The van der Waals surface area contributed by atoms with Gasteiger partial charge in [-0.25, -0.2) is 0 Å². The molecule has 6 nitrogen and oxygen atoms in total. The molecule has 0 saturated heterocycles. The fourth-order valence-corrected chi connectivity index (χ4v) is 3.40. The lowest BCUT2D eigenvalue weighted by Gasteiger charge is -2.14. The van der Waals surface area contributed by atoms with Crippen molar-refractivity contribution in [1.82, 2.24) is 20.4 Å². The molecule has 3 aromatic rings. The highest BCUT2D eigenvalue weighted by Gasteiger charge is 2.23. The Morgan fingerprint density at radius 1 is 1.12 bits per heavy atom. The van der Waals surface area contributed by atoms with Gasteiger partial charge in [-0.3, -0.25) is 14.7 Å². The van der Waals surface area contributed by atoms with Crippen LogP contribution in [-0.2, 0) is 11.2 Å². The zero-order chi connectivity index (χ0) is 22.3. The minimum absolute atomic E-state index is 0.0352. The zero-order valence-corrected chi connectivity index (χ0v) is 18.3. The van der Waals surface area contributed by atoms with E-state index in [9.17, 15) is 9.59 Å². The van der Waals surface area contributed by atoms with E-state index in [1.807, 2.05) is 42.5 Å². The standard InChI is InChI=1S/C26H28N4O2/c1-30(17-5-8-23-18-24(29-28-23)20-6-3-2-4-7-20)25(31)16-11-19-9-12-21(13-10-19)26(32)27-22-14-15-22/h2-4,6-7,9-13,16,18,22H,5,8,14-15,17H2,1H3,(H,27,32)(H,28,29). The van der Waals surface area contributed by atoms with Crippen LogP contribution in [-0.4, -0.2) is 46.5 Å². The van der Waals surface area contributed by atoms with Crippen molar-refractivity contribution >= 4 is 17.9 Å². The van der Waals surface area contributed by atoms with Crippen LogP contribution in [0, 0.1) is 0 Å². The van der Waals surface area contributed by atoms with E-state index in [-0.39, 0.29) is 11.8 Å². The monoisotopic (exact) mass is 428 g/mol. The quantitative estimate of drug-likeness (QED) is 0.504. The van der Waals surface area contributed by atoms with E-state index < -0.39 is 0 Å². The van der Waals surface area contributed by atoms with E-state index in [1.54, 1.807) is 36.2 Å². The van der Waals surface area contributed by atoms with Crippen molar-refractivity contribution in [1.29, 1.82) is 0 Å². The number of carbonyl (C=O) groups excluding carboxylic acids is 2. The number of hydrogen-bond donors (Lipinski definition) is 2. The first-order valence-electron chi connectivity index (χ1n) is 11.0. The van der Waals surface area contributed by atoms with Crippen molar-refractivity contribution in [2.75, 3.05) is 13.6 Å². The summed E-state index contributed by atoms with van der Waals surface area (Å²) < 4.78 is 0. The van der Waals surface area contributed by atoms with E-state index in [4.69, 9.17) is 0 Å². The van der Waals surface area contributed by atoms with Gasteiger partial charge in [0, 0.05) is 42.5 Å². The van der Waals surface area contributed by atoms with Gasteiger partial charge in [-0.2, -0.15) is 5.10 Å². The molecule has 6 heteroatoms. The van der Waals surface area contributed by atoms with Crippen LogP contribution in [0.2, 0.25) is 0 Å². The fraction of sp³-hybridized carbons (Fsp3) is 0.269. The molecule has 1 heterocycles. The number of aromatic nitrogens is 2. The molecule has 2 aromatic carbocycles. The molecule has 164 valence electrons. The van der Waals surface area contributed by atoms with Crippen LogP contribution in [0.5, 0.6) is 0 Å². The van der Waals surface area contributed by atoms with Gasteiger partial charge in [0.25, 0.3) is 5.91 Å². The summed E-state index contributed by atoms with van der Waals surface area (Å²) in [5, 5.41) is 10.4. The number of H-pyrrole nitrogens is 1. The van der Waals surface area contributed by atoms with Gasteiger partial charge in [0.2, 0.25) is 5.91 Å². The molecular formula is C26H28N4O2. The first-order valence-corrected chi connectivity index (χ1v) is 11.0. The van der Waals surface area contributed by atoms with Crippen LogP contribution in [0.3, 0.4) is 0 Å². The smallest absolute Gasteiger partial charge is 0.251 e. The van der Waals surface area contributed by atoms with E-state index in [0.29, 0.717) is 18.2 Å². The van der Waals surface area contributed by atoms with Gasteiger partial charge in [0.15, 0.2) is 0 Å². The van der Waals surface area contributed by atoms with Crippen LogP contribution < -0.4 is 5.32 Å². The average Bonchev–Trinajstić information content (AvgIpc) is 3.51. The molecule has 4 rings (SSSR count). The Morgan fingerprint density at radius 3 is 2.59 bits per heavy atom. The Hall–Kier alpha value is -3.67. The summed E-state index contributed by atoms with van der Waals surface area (Å²) in [6, 6.07) is 19.8. The van der Waals surface area contributed by atoms with Crippen molar-refractivity contribution in [3.63, 3.8) is 0 Å². The maximum atomic E-state index is 12.4. The molecule has 0 unspecified atom stereocenters. The number of aryl methyl sites for hydroxylation is 1. The zero-order valence-electron chi connectivity index (χ0n) is 18.3. The largest absolute Gasteiger partial charge is 0.349 e. The molecule has 0 radical (unpaired) electrons. The predicted octanol–water partition coefficient (Wildman–Crippen LogP) is 4.07. The molecule has 0 atom stereocenters. The van der Waals surface area contributed by atoms with Gasteiger partial charge in [-0.1, -0.05) is 42.5 Å². The molecule has 1 aromatic heterocycles. The van der Waals surface area contributed by atoms with Gasteiger partial charge in [-0.05, 0) is 55.5 Å². The van der Waals surface area contributed by atoms with Gasteiger partial charge in [-0.15, -0.1) is 0 Å². The van der Waals surface area contributed by atoms with E-state index in [0.717, 1.165) is 48.2 Å². The number of likely N-dealkylation sites (N-methyl/N-ethyl adjacent to an activating group) is 1. The summed E-state index contributed by atoms with van der Waals surface area (Å²) in [6.07, 6.45) is 7.16. The number of aromatic amines is 1. The summed E-state index contributed by atoms with van der Waals surface area (Å²) in [5.41, 5.74) is 4.62. The van der Waals surface area contributed by atoms with Crippen molar-refractivity contribution in [2.24, 2.45) is 0 Å². The summed E-state index contributed by atoms with van der Waals surface area (Å²) in [4.78, 5) is 26.2. The van der Waals surface area contributed by atoms with Gasteiger partial charge in [0.05, 0.1) is 5.69 Å². The second-order valence-electron chi connectivity index (χ2n) is 8.21. The second kappa shape index (κ2) is 10.1. The third-order valence-electron chi connectivity index (χ3n) is 5.52. The summed E-state index contributed by atoms with van der Waals surface area (Å²) >= 11 is 0. The lowest BCUT2D eigenvalue weighted by Crippen LogP contribution is -2.26. The fourth-order valence-electron chi connectivity index (χ4n) is 3.40. The maximum Gasteiger partial charge on any atom is 0.251 e. The number of nitrogens with one attached hydrogen (secondary N) is 2. The van der Waals surface area contributed by atoms with Crippen molar-refractivity contribution in [2.45, 2.75) is 31.7 Å². The van der Waals surface area contributed by atoms with Crippen molar-refractivity contribution in [3.05, 3.63) is 83.6 Å². The van der Waals surface area contributed by atoms with Gasteiger partial charge in [0.1, 0.15) is 0 Å². The van der Waals surface area contributed by atoms with E-state index >= 15 is 0 Å². The summed E-state index contributed by atoms with van der Waals surface area (Å²) in [5.74, 6) is -0.0814. The van der Waals surface area contributed by atoms with Crippen molar-refractivity contribution in [3.8, 4) is 11.3 Å². The molecule has 0 aliphatic heterocycles. The number of benzene rings is 2. The Morgan fingerprint density at radius 2 is 1.88 bits per heavy atom. The highest BCUT2D eigenvalue weighted by atomic mass is 16.2. The van der Waals surface area contributed by atoms with Crippen LogP contribution >= 0.6 is 0 Å². The Balaban J connectivity index is 1.22. The number of rotatable bonds is 9. The Labute approximate surface area is 188 Å². The maximum absolute atomic E-state index is 12.4. The average molecular weight is 429 g/mol. The van der Waals surface area contributed by atoms with Gasteiger partial charge >= 0.3 is 0 Å². The number of amides is 2. The first kappa shape index (κ1) is 21.6. The molecule has 1 fully saturated rings. The molecule has 2 N–H and O–H groups in total. The first-order chi connectivity index (χ1) is 15.6. The second-order valence-corrected chi connectivity index (χ2v) is 8.21. The predicted molar refractivity (Wildman–Crippen MR) is 126 cm³/mol. The molecule has 1 aliphatic carbocycles. The molecular weight excluding hydrogens is 400 g/mol. The minimum atomic E-state index is -0.0462. The molecule has 0 spiro atoms. The van der Waals surface area contributed by atoms with E-state index in [2.05, 4.69) is 21.6 Å². The van der Waals surface area contributed by atoms with E-state index in [1.165, 1.54) is 0 Å². The van der Waals surface area contributed by atoms with Crippen LogP contribution in [0.15, 0.2) is 66.7 Å². The normalized spacial score (nSPS) is 13.3. The van der Waals surface area contributed by atoms with Gasteiger partial charge < -0.3 is 10.2 Å². The molecule has 32 heavy (non-hydrogen) atoms. The number of nitrogens with zero attached hydrogens (tertiary/aromatic N) is 2. The number of carbonyl (C=O) groups is 2. The van der Waals surface area contributed by atoms with Crippen LogP contribution in [0.1, 0.15) is 40.9 Å². The molecule has 0 bridgehead atoms. The third-order valence-corrected chi connectivity index (χ3v) is 5.52. The molecule has 1 saturated carbocycles. The summed E-state index contributed by atoms with van der Waals surface area (Å²) in [6.45, 7) is 0.656. The topological polar surface area (TPSA) is 78.1 Å². The Kier molecular flexibility index (Phi) is 6.80. The molecule has 2 amide bonds. The Bertz CT molecular complexity index is 1080. The van der Waals surface area contributed by atoms with Crippen molar-refractivity contribution < 1.29 is 9.59 Å².